The highest BCUT2D eigenvalue weighted by molar-refractivity contribution is 6.36. The van der Waals surface area contributed by atoms with E-state index in [1.165, 1.54) is 35.1 Å². The Bertz CT molecular complexity index is 1920. The van der Waals surface area contributed by atoms with Crippen LogP contribution in [0.1, 0.15) is 40.9 Å². The summed E-state index contributed by atoms with van der Waals surface area (Å²) in [4.78, 5) is 62.3. The number of halogens is 4. The van der Waals surface area contributed by atoms with Gasteiger partial charge >= 0.3 is 18.2 Å². The van der Waals surface area contributed by atoms with E-state index >= 15 is 0 Å². The molecule has 1 saturated carbocycles. The molecule has 0 saturated heterocycles. The van der Waals surface area contributed by atoms with Crippen molar-refractivity contribution in [2.45, 2.75) is 43.4 Å². The third-order valence-electron chi connectivity index (χ3n) is 7.91. The van der Waals surface area contributed by atoms with E-state index in [0.717, 1.165) is 12.7 Å². The summed E-state index contributed by atoms with van der Waals surface area (Å²) in [6, 6.07) is 12.8. The van der Waals surface area contributed by atoms with Crippen molar-refractivity contribution in [1.29, 1.82) is 0 Å². The number of ketones is 1. The van der Waals surface area contributed by atoms with Crippen molar-refractivity contribution in [3.8, 4) is 6.01 Å². The maximum Gasteiger partial charge on any atom is 0.422 e. The molecule has 274 valence electrons. The number of anilines is 3. The van der Waals surface area contributed by atoms with E-state index in [1.807, 2.05) is 12.1 Å². The molecule has 0 unspecified atom stereocenters. The van der Waals surface area contributed by atoms with Gasteiger partial charge in [-0.3, -0.25) is 19.1 Å². The first-order valence-electron chi connectivity index (χ1n) is 15.8. The largest absolute Gasteiger partial charge is 0.467 e. The SMILES string of the molecule is COC(=O)[C@H](CCNC(=O)C(=O)Cc1ccnn1C)NC(=O)c1ccc(Nc2nc(NC3(c4ccc(Cl)cc4)CC3)nc(OCC(F)(F)F)n2)cc1. The summed E-state index contributed by atoms with van der Waals surface area (Å²) >= 11 is 6.02. The predicted molar refractivity (Wildman–Crippen MR) is 180 cm³/mol. The maximum absolute atomic E-state index is 13.0. The Balaban J connectivity index is 1.22. The lowest BCUT2D eigenvalue weighted by Crippen LogP contribution is -2.44. The van der Waals surface area contributed by atoms with Crippen LogP contribution < -0.4 is 26.0 Å². The number of nitrogens with zero attached hydrogens (tertiary/aromatic N) is 5. The number of hydrogen-bond donors (Lipinski definition) is 4. The summed E-state index contributed by atoms with van der Waals surface area (Å²) in [5.74, 6) is -3.13. The van der Waals surface area contributed by atoms with Crippen LogP contribution in [0, 0.1) is 0 Å². The van der Waals surface area contributed by atoms with Gasteiger partial charge in [0, 0.05) is 41.8 Å². The number of Topliss-reactive ketones (excluding diaryl/α,β-unsaturated/α-hetero) is 1. The van der Waals surface area contributed by atoms with Crippen LogP contribution >= 0.6 is 11.6 Å². The lowest BCUT2D eigenvalue weighted by Gasteiger charge is -2.19. The molecule has 0 spiro atoms. The summed E-state index contributed by atoms with van der Waals surface area (Å²) in [7, 11) is 2.78. The Morgan fingerprint density at radius 2 is 1.67 bits per heavy atom. The number of alkyl halides is 3. The Kier molecular flexibility index (Phi) is 11.6. The van der Waals surface area contributed by atoms with Crippen LogP contribution in [-0.2, 0) is 38.1 Å². The lowest BCUT2D eigenvalue weighted by atomic mass is 10.1. The van der Waals surface area contributed by atoms with Gasteiger partial charge in [0.25, 0.3) is 11.8 Å². The Labute approximate surface area is 299 Å². The number of benzene rings is 2. The fourth-order valence-corrected chi connectivity index (χ4v) is 5.11. The first-order chi connectivity index (χ1) is 24.7. The van der Waals surface area contributed by atoms with E-state index < -0.39 is 53.9 Å². The van der Waals surface area contributed by atoms with Crippen LogP contribution in [0.3, 0.4) is 0 Å². The minimum Gasteiger partial charge on any atom is -0.467 e. The quantitative estimate of drug-likeness (QED) is 0.0965. The summed E-state index contributed by atoms with van der Waals surface area (Å²) in [5, 5.41) is 15.5. The minimum absolute atomic E-state index is 0.0269. The number of carbonyl (C=O) groups is 4. The summed E-state index contributed by atoms with van der Waals surface area (Å²) in [6.45, 7) is -1.73. The van der Waals surface area contributed by atoms with Gasteiger partial charge in [-0.15, -0.1) is 0 Å². The smallest absolute Gasteiger partial charge is 0.422 e. The molecule has 1 aliphatic carbocycles. The van der Waals surface area contributed by atoms with Crippen LogP contribution in [0.25, 0.3) is 0 Å². The first-order valence-corrected chi connectivity index (χ1v) is 16.1. The standard InChI is InChI=1S/C33H33ClF3N9O6/c1-46-23(11-16-39-46)17-25(47)27(49)38-15-12-24(28(50)51-2)41-26(48)19-3-9-22(10-4-19)40-29-42-30(44-31(43-29)52-18-33(35,36)37)45-32(13-14-32)20-5-7-21(34)8-6-20/h3-11,16,24H,12-15,17-18H2,1-2H3,(H,38,49)(H,41,48)(H2,40,42,43,44,45)/t24-/m0/s1. The number of carbonyl (C=O) groups excluding carboxylic acids is 4. The number of ether oxygens (including phenoxy) is 2. The molecule has 2 aromatic carbocycles. The zero-order valence-electron chi connectivity index (χ0n) is 27.8. The average molecular weight is 744 g/mol. The van der Waals surface area contributed by atoms with Crippen LogP contribution in [0.2, 0.25) is 5.02 Å². The topological polar surface area (TPSA) is 191 Å². The van der Waals surface area contributed by atoms with Crippen molar-refractivity contribution >= 4 is 52.8 Å². The number of amides is 2. The molecule has 0 bridgehead atoms. The van der Waals surface area contributed by atoms with E-state index in [9.17, 15) is 32.3 Å². The third kappa shape index (κ3) is 10.1. The molecule has 1 fully saturated rings. The molecule has 52 heavy (non-hydrogen) atoms. The van der Waals surface area contributed by atoms with E-state index in [2.05, 4.69) is 41.3 Å². The molecule has 2 heterocycles. The molecule has 0 aliphatic heterocycles. The molecule has 5 rings (SSSR count). The maximum atomic E-state index is 13.0. The molecule has 2 amide bonds. The highest BCUT2D eigenvalue weighted by Crippen LogP contribution is 2.48. The highest BCUT2D eigenvalue weighted by atomic mass is 35.5. The first kappa shape index (κ1) is 37.5. The molecular formula is C33H33ClF3N9O6. The van der Waals surface area contributed by atoms with Crippen LogP contribution in [0.5, 0.6) is 6.01 Å². The van der Waals surface area contributed by atoms with Gasteiger partial charge in [-0.05, 0) is 67.3 Å². The van der Waals surface area contributed by atoms with Gasteiger partial charge in [0.05, 0.1) is 19.1 Å². The normalized spacial score (nSPS) is 13.7. The van der Waals surface area contributed by atoms with Gasteiger partial charge in [-0.25, -0.2) is 4.79 Å². The second-order valence-electron chi connectivity index (χ2n) is 11.7. The van der Waals surface area contributed by atoms with Gasteiger partial charge in [0.2, 0.25) is 17.7 Å². The molecule has 15 nitrogen and oxygen atoms in total. The molecule has 1 atom stereocenters. The summed E-state index contributed by atoms with van der Waals surface area (Å²) < 4.78 is 49.9. The van der Waals surface area contributed by atoms with Crippen LogP contribution in [0.15, 0.2) is 60.8 Å². The van der Waals surface area contributed by atoms with E-state index in [0.29, 0.717) is 29.2 Å². The van der Waals surface area contributed by atoms with Gasteiger partial charge in [0.1, 0.15) is 6.04 Å². The number of aromatic nitrogens is 5. The van der Waals surface area contributed by atoms with Gasteiger partial charge in [-0.2, -0.15) is 33.2 Å². The van der Waals surface area contributed by atoms with E-state index in [-0.39, 0.29) is 36.8 Å². The zero-order valence-corrected chi connectivity index (χ0v) is 28.5. The second-order valence-corrected chi connectivity index (χ2v) is 12.2. The van der Waals surface area contributed by atoms with Crippen LogP contribution in [-0.4, -0.2) is 80.8 Å². The molecule has 19 heteroatoms. The van der Waals surface area contributed by atoms with Gasteiger partial charge in [-0.1, -0.05) is 23.7 Å². The highest BCUT2D eigenvalue weighted by Gasteiger charge is 2.45. The monoisotopic (exact) mass is 743 g/mol. The Hall–Kier alpha value is -5.78. The molecule has 0 radical (unpaired) electrons. The van der Waals surface area contributed by atoms with Crippen molar-refractivity contribution in [3.05, 3.63) is 82.6 Å². The summed E-state index contributed by atoms with van der Waals surface area (Å²) in [6.07, 6.45) is -1.94. The number of aryl methyl sites for hydroxylation is 1. The lowest BCUT2D eigenvalue weighted by molar-refractivity contribution is -0.154. The Morgan fingerprint density at radius 3 is 2.29 bits per heavy atom. The Morgan fingerprint density at radius 1 is 0.981 bits per heavy atom. The predicted octanol–water partition coefficient (Wildman–Crippen LogP) is 3.63. The van der Waals surface area contributed by atoms with Gasteiger partial charge in [0.15, 0.2) is 6.61 Å². The molecule has 4 N–H and O–H groups in total. The molecular weight excluding hydrogens is 711 g/mol. The number of nitrogens with one attached hydrogen (secondary N) is 4. The zero-order chi connectivity index (χ0) is 37.5. The fourth-order valence-electron chi connectivity index (χ4n) is 4.99. The van der Waals surface area contributed by atoms with Gasteiger partial charge < -0.3 is 30.7 Å². The molecule has 4 aromatic rings. The van der Waals surface area contributed by atoms with Crippen LogP contribution in [0.4, 0.5) is 30.8 Å². The van der Waals surface area contributed by atoms with Crippen molar-refractivity contribution in [1.82, 2.24) is 35.4 Å². The van der Waals surface area contributed by atoms with Crippen molar-refractivity contribution in [2.75, 3.05) is 30.9 Å². The second kappa shape index (κ2) is 16.1. The van der Waals surface area contributed by atoms with Crippen molar-refractivity contribution in [3.63, 3.8) is 0 Å². The molecule has 2 aromatic heterocycles. The molecule has 1 aliphatic rings. The average Bonchev–Trinajstić information content (AvgIpc) is 3.78. The van der Waals surface area contributed by atoms with E-state index in [4.69, 9.17) is 21.1 Å². The number of methoxy groups -OCH3 is 1. The third-order valence-corrected chi connectivity index (χ3v) is 8.16. The number of rotatable bonds is 16. The number of esters is 1. The fraction of sp³-hybridized carbons (Fsp3) is 0.333. The van der Waals surface area contributed by atoms with Crippen molar-refractivity contribution < 1.29 is 41.8 Å². The summed E-state index contributed by atoms with van der Waals surface area (Å²) in [5.41, 5.74) is 1.39. The number of hydrogen-bond acceptors (Lipinski definition) is 12. The van der Waals surface area contributed by atoms with E-state index in [1.54, 1.807) is 25.2 Å². The van der Waals surface area contributed by atoms with Crippen molar-refractivity contribution in [2.24, 2.45) is 7.05 Å². The minimum atomic E-state index is -4.63.